The molecule has 0 radical (unpaired) electrons. The molecule has 0 atom stereocenters. The molecule has 178 valence electrons. The van der Waals surface area contributed by atoms with Gasteiger partial charge in [-0.1, -0.05) is 0 Å². The second-order valence-corrected chi connectivity index (χ2v) is 11.7. The summed E-state index contributed by atoms with van der Waals surface area (Å²) < 4.78 is 59.9. The first-order valence-electron chi connectivity index (χ1n) is 10.8. The maximum atomic E-state index is 12.6. The standard InChI is InChI=1S/C22H27N3O6S2/c1-17(26)25-14-10-18-16-21(8-9-22(18)25)32(27,28)23-11-15-31-19-4-6-20(7-5-19)33(29,30)24-12-2-3-13-24/h4-9,16,23H,2-3,10-15H2,1H3. The number of ether oxygens (including phenoxy) is 1. The summed E-state index contributed by atoms with van der Waals surface area (Å²) in [7, 11) is -7.21. The van der Waals surface area contributed by atoms with Crippen LogP contribution in [-0.4, -0.2) is 59.8 Å². The second kappa shape index (κ2) is 9.41. The number of nitrogens with one attached hydrogen (secondary N) is 1. The van der Waals surface area contributed by atoms with Crippen LogP contribution in [0.4, 0.5) is 5.69 Å². The molecule has 33 heavy (non-hydrogen) atoms. The van der Waals surface area contributed by atoms with Crippen molar-refractivity contribution < 1.29 is 26.4 Å². The van der Waals surface area contributed by atoms with E-state index in [0.717, 1.165) is 24.1 Å². The number of fused-ring (bicyclic) bond motifs is 1. The van der Waals surface area contributed by atoms with Gasteiger partial charge < -0.3 is 9.64 Å². The Hall–Kier alpha value is -2.47. The summed E-state index contributed by atoms with van der Waals surface area (Å²) in [6.07, 6.45) is 2.36. The van der Waals surface area contributed by atoms with Gasteiger partial charge in [0.15, 0.2) is 0 Å². The summed E-state index contributed by atoms with van der Waals surface area (Å²) in [5.74, 6) is 0.387. The minimum atomic E-state index is -3.73. The number of benzene rings is 2. The molecule has 11 heteroatoms. The fraction of sp³-hybridized carbons (Fsp3) is 0.409. The van der Waals surface area contributed by atoms with Crippen molar-refractivity contribution in [2.45, 2.75) is 36.0 Å². The molecule has 0 spiro atoms. The van der Waals surface area contributed by atoms with E-state index in [1.807, 2.05) is 0 Å². The van der Waals surface area contributed by atoms with Crippen LogP contribution in [0, 0.1) is 0 Å². The van der Waals surface area contributed by atoms with Crippen LogP contribution in [0.3, 0.4) is 0 Å². The van der Waals surface area contributed by atoms with Gasteiger partial charge in [0.05, 0.1) is 9.79 Å². The zero-order valence-electron chi connectivity index (χ0n) is 18.4. The third kappa shape index (κ3) is 5.06. The smallest absolute Gasteiger partial charge is 0.243 e. The molecule has 0 unspecified atom stereocenters. The summed E-state index contributed by atoms with van der Waals surface area (Å²) in [4.78, 5) is 13.7. The van der Waals surface area contributed by atoms with Gasteiger partial charge in [0.25, 0.3) is 0 Å². The first-order chi connectivity index (χ1) is 15.7. The number of amides is 1. The minimum Gasteiger partial charge on any atom is -0.492 e. The van der Waals surface area contributed by atoms with Crippen molar-refractivity contribution in [3.05, 3.63) is 48.0 Å². The fourth-order valence-corrected chi connectivity index (χ4v) is 6.67. The number of anilines is 1. The first-order valence-corrected chi connectivity index (χ1v) is 13.7. The number of hydrogen-bond acceptors (Lipinski definition) is 6. The Morgan fingerprint density at radius 1 is 0.970 bits per heavy atom. The Bertz CT molecular complexity index is 1240. The minimum absolute atomic E-state index is 0.0484. The molecule has 2 heterocycles. The van der Waals surface area contributed by atoms with E-state index in [0.29, 0.717) is 31.8 Å². The third-order valence-corrected chi connectivity index (χ3v) is 9.20. The predicted octanol–water partition coefficient (Wildman–Crippen LogP) is 1.74. The number of carbonyl (C=O) groups excluding carboxylic acids is 1. The summed E-state index contributed by atoms with van der Waals surface area (Å²) in [6, 6.07) is 10.9. The van der Waals surface area contributed by atoms with Crippen LogP contribution >= 0.6 is 0 Å². The first kappa shape index (κ1) is 23.7. The second-order valence-electron chi connectivity index (χ2n) is 8.04. The lowest BCUT2D eigenvalue weighted by Crippen LogP contribution is -2.28. The van der Waals surface area contributed by atoms with Crippen LogP contribution < -0.4 is 14.4 Å². The van der Waals surface area contributed by atoms with Crippen molar-refractivity contribution in [2.75, 3.05) is 37.7 Å². The lowest BCUT2D eigenvalue weighted by Gasteiger charge is -2.16. The molecule has 1 saturated heterocycles. The van der Waals surface area contributed by atoms with E-state index in [-0.39, 0.29) is 28.8 Å². The highest BCUT2D eigenvalue weighted by Gasteiger charge is 2.27. The maximum Gasteiger partial charge on any atom is 0.243 e. The molecule has 0 aromatic heterocycles. The molecule has 0 saturated carbocycles. The van der Waals surface area contributed by atoms with E-state index >= 15 is 0 Å². The van der Waals surface area contributed by atoms with Crippen LogP contribution in [0.15, 0.2) is 52.3 Å². The third-order valence-electron chi connectivity index (χ3n) is 5.83. The Kier molecular flexibility index (Phi) is 6.76. The SMILES string of the molecule is CC(=O)N1CCc2cc(S(=O)(=O)NCCOc3ccc(S(=O)(=O)N4CCCC4)cc3)ccc21. The number of rotatable bonds is 8. The largest absolute Gasteiger partial charge is 0.492 e. The highest BCUT2D eigenvalue weighted by molar-refractivity contribution is 7.89. The lowest BCUT2D eigenvalue weighted by molar-refractivity contribution is -0.116. The van der Waals surface area contributed by atoms with Crippen LogP contribution in [0.2, 0.25) is 0 Å². The van der Waals surface area contributed by atoms with Crippen LogP contribution in [-0.2, 0) is 31.3 Å². The summed E-state index contributed by atoms with van der Waals surface area (Å²) in [5, 5.41) is 0. The van der Waals surface area contributed by atoms with Gasteiger partial charge >= 0.3 is 0 Å². The Labute approximate surface area is 194 Å². The molecule has 1 N–H and O–H groups in total. The van der Waals surface area contributed by atoms with Crippen molar-refractivity contribution >= 4 is 31.6 Å². The van der Waals surface area contributed by atoms with Crippen LogP contribution in [0.5, 0.6) is 5.75 Å². The zero-order chi connectivity index (χ0) is 23.6. The molecular weight excluding hydrogens is 466 g/mol. The summed E-state index contributed by atoms with van der Waals surface area (Å²) in [6.45, 7) is 3.25. The van der Waals surface area contributed by atoms with Crippen LogP contribution in [0.1, 0.15) is 25.3 Å². The van der Waals surface area contributed by atoms with Gasteiger partial charge in [-0.3, -0.25) is 4.79 Å². The van der Waals surface area contributed by atoms with E-state index < -0.39 is 20.0 Å². The molecule has 1 amide bonds. The zero-order valence-corrected chi connectivity index (χ0v) is 20.0. The molecule has 2 aromatic carbocycles. The van der Waals surface area contributed by atoms with E-state index in [9.17, 15) is 21.6 Å². The van der Waals surface area contributed by atoms with Crippen molar-refractivity contribution in [2.24, 2.45) is 0 Å². The number of sulfonamides is 2. The quantitative estimate of drug-likeness (QED) is 0.561. The highest BCUT2D eigenvalue weighted by atomic mass is 32.2. The van der Waals surface area contributed by atoms with Crippen molar-refractivity contribution in [1.29, 1.82) is 0 Å². The topological polar surface area (TPSA) is 113 Å². The average molecular weight is 494 g/mol. The van der Waals surface area contributed by atoms with E-state index in [1.54, 1.807) is 29.2 Å². The van der Waals surface area contributed by atoms with Crippen LogP contribution in [0.25, 0.3) is 0 Å². The van der Waals surface area contributed by atoms with Gasteiger partial charge in [-0.2, -0.15) is 4.31 Å². The van der Waals surface area contributed by atoms with Gasteiger partial charge in [0, 0.05) is 38.8 Å². The highest BCUT2D eigenvalue weighted by Crippen LogP contribution is 2.30. The Balaban J connectivity index is 1.31. The van der Waals surface area contributed by atoms with E-state index in [4.69, 9.17) is 4.74 Å². The molecule has 2 aromatic rings. The van der Waals surface area contributed by atoms with Gasteiger partial charge in [0.1, 0.15) is 12.4 Å². The average Bonchev–Trinajstić information content (AvgIpc) is 3.47. The number of carbonyl (C=O) groups is 1. The molecular formula is C22H27N3O6S2. The predicted molar refractivity (Wildman–Crippen MR) is 123 cm³/mol. The van der Waals surface area contributed by atoms with Crippen molar-refractivity contribution in [3.8, 4) is 5.75 Å². The van der Waals surface area contributed by atoms with Gasteiger partial charge in [-0.15, -0.1) is 0 Å². The molecule has 2 aliphatic heterocycles. The monoisotopic (exact) mass is 493 g/mol. The van der Waals surface area contributed by atoms with E-state index in [2.05, 4.69) is 4.72 Å². The van der Waals surface area contributed by atoms with Gasteiger partial charge in [-0.05, 0) is 67.3 Å². The van der Waals surface area contributed by atoms with E-state index in [1.165, 1.54) is 29.4 Å². The summed E-state index contributed by atoms with van der Waals surface area (Å²) in [5.41, 5.74) is 1.58. The molecule has 1 fully saturated rings. The number of hydrogen-bond donors (Lipinski definition) is 1. The maximum absolute atomic E-state index is 12.6. The molecule has 2 aliphatic rings. The molecule has 0 aliphatic carbocycles. The van der Waals surface area contributed by atoms with Gasteiger partial charge in [-0.25, -0.2) is 21.6 Å². The normalized spacial score (nSPS) is 16.7. The molecule has 0 bridgehead atoms. The molecule has 4 rings (SSSR count). The Morgan fingerprint density at radius 2 is 1.64 bits per heavy atom. The number of nitrogens with zero attached hydrogens (tertiary/aromatic N) is 2. The molecule has 9 nitrogen and oxygen atoms in total. The lowest BCUT2D eigenvalue weighted by atomic mass is 10.2. The van der Waals surface area contributed by atoms with Gasteiger partial charge in [0.2, 0.25) is 26.0 Å². The fourth-order valence-electron chi connectivity index (χ4n) is 4.09. The van der Waals surface area contributed by atoms with Crippen molar-refractivity contribution in [3.63, 3.8) is 0 Å². The summed E-state index contributed by atoms with van der Waals surface area (Å²) >= 11 is 0. The Morgan fingerprint density at radius 3 is 2.30 bits per heavy atom. The van der Waals surface area contributed by atoms with Crippen molar-refractivity contribution in [1.82, 2.24) is 9.03 Å².